The molecule has 25 heavy (non-hydrogen) atoms. The number of hydrogen-bond acceptors (Lipinski definition) is 3. The summed E-state index contributed by atoms with van der Waals surface area (Å²) < 4.78 is 40.2. The second-order valence-electron chi connectivity index (χ2n) is 4.90. The largest absolute Gasteiger partial charge is 0.417 e. The molecule has 3 rings (SSSR count). The standard InChI is InChI=1S/C15H8BrClF3N3OS/c16-7-1-4-12-11(5-7)22-14(25-12)23-13(24)21-8-2-3-10(17)9(6-8)15(18,19)20/h1-6H,(H2,21,22,23,24). The molecule has 3 aromatic rings. The third kappa shape index (κ3) is 4.23. The van der Waals surface area contributed by atoms with Crippen molar-refractivity contribution >= 4 is 65.9 Å². The first-order chi connectivity index (χ1) is 11.7. The van der Waals surface area contributed by atoms with Gasteiger partial charge in [0.1, 0.15) is 0 Å². The number of rotatable bonds is 2. The Bertz CT molecular complexity index is 961. The molecular weight excluding hydrogens is 443 g/mol. The topological polar surface area (TPSA) is 54.0 Å². The van der Waals surface area contributed by atoms with Crippen LogP contribution in [0.5, 0.6) is 0 Å². The number of urea groups is 1. The number of aromatic nitrogens is 1. The van der Waals surface area contributed by atoms with Crippen molar-refractivity contribution in [2.45, 2.75) is 6.18 Å². The number of carbonyl (C=O) groups is 1. The van der Waals surface area contributed by atoms with E-state index >= 15 is 0 Å². The monoisotopic (exact) mass is 449 g/mol. The van der Waals surface area contributed by atoms with Crippen LogP contribution in [0.15, 0.2) is 40.9 Å². The fourth-order valence-electron chi connectivity index (χ4n) is 2.03. The summed E-state index contributed by atoms with van der Waals surface area (Å²) in [6.07, 6.45) is -4.61. The molecule has 2 amide bonds. The van der Waals surface area contributed by atoms with Gasteiger partial charge in [0.25, 0.3) is 0 Å². The summed E-state index contributed by atoms with van der Waals surface area (Å²) in [6, 6.07) is 7.92. The highest BCUT2D eigenvalue weighted by atomic mass is 79.9. The zero-order chi connectivity index (χ0) is 18.2. The van der Waals surface area contributed by atoms with Crippen LogP contribution in [0.3, 0.4) is 0 Å². The van der Waals surface area contributed by atoms with Crippen LogP contribution in [0, 0.1) is 0 Å². The number of fused-ring (bicyclic) bond motifs is 1. The van der Waals surface area contributed by atoms with E-state index in [1.54, 1.807) is 6.07 Å². The molecule has 1 heterocycles. The molecule has 130 valence electrons. The van der Waals surface area contributed by atoms with Gasteiger partial charge in [-0.2, -0.15) is 13.2 Å². The molecule has 0 spiro atoms. The van der Waals surface area contributed by atoms with E-state index in [0.717, 1.165) is 21.3 Å². The minimum Gasteiger partial charge on any atom is -0.308 e. The summed E-state index contributed by atoms with van der Waals surface area (Å²) in [5.74, 6) is 0. The number of nitrogens with zero attached hydrogens (tertiary/aromatic N) is 1. The van der Waals surface area contributed by atoms with E-state index in [1.807, 2.05) is 12.1 Å². The minimum atomic E-state index is -4.61. The van der Waals surface area contributed by atoms with Crippen molar-refractivity contribution in [2.24, 2.45) is 0 Å². The molecule has 10 heteroatoms. The van der Waals surface area contributed by atoms with Crippen LogP contribution in [-0.4, -0.2) is 11.0 Å². The van der Waals surface area contributed by atoms with Gasteiger partial charge in [0, 0.05) is 10.2 Å². The first-order valence-electron chi connectivity index (χ1n) is 6.73. The van der Waals surface area contributed by atoms with Gasteiger partial charge in [0.2, 0.25) is 0 Å². The summed E-state index contributed by atoms with van der Waals surface area (Å²) >= 11 is 10.1. The van der Waals surface area contributed by atoms with Gasteiger partial charge in [-0.05, 0) is 36.4 Å². The zero-order valence-corrected chi connectivity index (χ0v) is 15.3. The van der Waals surface area contributed by atoms with Crippen molar-refractivity contribution in [3.63, 3.8) is 0 Å². The van der Waals surface area contributed by atoms with Gasteiger partial charge in [-0.3, -0.25) is 5.32 Å². The van der Waals surface area contributed by atoms with Crippen LogP contribution in [0.4, 0.5) is 28.8 Å². The molecule has 0 saturated heterocycles. The Morgan fingerprint density at radius 3 is 2.64 bits per heavy atom. The van der Waals surface area contributed by atoms with Crippen LogP contribution < -0.4 is 10.6 Å². The fraction of sp³-hybridized carbons (Fsp3) is 0.0667. The van der Waals surface area contributed by atoms with Gasteiger partial charge >= 0.3 is 12.2 Å². The summed E-state index contributed by atoms with van der Waals surface area (Å²) in [5, 5.41) is 4.73. The van der Waals surface area contributed by atoms with E-state index in [-0.39, 0.29) is 5.69 Å². The maximum absolute atomic E-state index is 12.8. The quantitative estimate of drug-likeness (QED) is 0.476. The zero-order valence-electron chi connectivity index (χ0n) is 12.1. The molecule has 0 aliphatic carbocycles. The summed E-state index contributed by atoms with van der Waals surface area (Å²) in [7, 11) is 0. The summed E-state index contributed by atoms with van der Waals surface area (Å²) in [5.41, 5.74) is -0.351. The van der Waals surface area contributed by atoms with E-state index in [2.05, 4.69) is 31.5 Å². The molecule has 0 atom stereocenters. The van der Waals surface area contributed by atoms with Crippen LogP contribution in [0.1, 0.15) is 5.56 Å². The number of anilines is 2. The molecule has 0 aliphatic heterocycles. The number of carbonyl (C=O) groups excluding carboxylic acids is 1. The van der Waals surface area contributed by atoms with Crippen molar-refractivity contribution in [1.29, 1.82) is 0 Å². The molecule has 0 aliphatic rings. The van der Waals surface area contributed by atoms with Crippen molar-refractivity contribution in [3.05, 3.63) is 51.5 Å². The number of thiazole rings is 1. The van der Waals surface area contributed by atoms with Gasteiger partial charge in [0.15, 0.2) is 5.13 Å². The fourth-order valence-corrected chi connectivity index (χ4v) is 3.45. The molecule has 2 N–H and O–H groups in total. The highest BCUT2D eigenvalue weighted by Gasteiger charge is 2.33. The van der Waals surface area contributed by atoms with Gasteiger partial charge in [-0.15, -0.1) is 0 Å². The maximum Gasteiger partial charge on any atom is 0.417 e. The average Bonchev–Trinajstić information content (AvgIpc) is 2.89. The normalized spacial score (nSPS) is 11.6. The lowest BCUT2D eigenvalue weighted by Gasteiger charge is -2.11. The first-order valence-corrected chi connectivity index (χ1v) is 8.72. The Labute approximate surface area is 157 Å². The predicted octanol–water partition coefficient (Wildman–Crippen LogP) is 6.38. The third-order valence-electron chi connectivity index (χ3n) is 3.10. The Morgan fingerprint density at radius 1 is 1.16 bits per heavy atom. The second-order valence-corrected chi connectivity index (χ2v) is 7.26. The van der Waals surface area contributed by atoms with Crippen LogP contribution >= 0.6 is 38.9 Å². The number of amides is 2. The number of nitrogens with one attached hydrogen (secondary N) is 2. The molecule has 0 fully saturated rings. The lowest BCUT2D eigenvalue weighted by molar-refractivity contribution is -0.137. The molecule has 4 nitrogen and oxygen atoms in total. The SMILES string of the molecule is O=C(Nc1ccc(Cl)c(C(F)(F)F)c1)Nc1nc2cc(Br)ccc2s1. The third-order valence-corrected chi connectivity index (χ3v) is 4.87. The highest BCUT2D eigenvalue weighted by molar-refractivity contribution is 9.10. The smallest absolute Gasteiger partial charge is 0.308 e. The molecule has 0 bridgehead atoms. The maximum atomic E-state index is 12.8. The van der Waals surface area contributed by atoms with E-state index in [4.69, 9.17) is 11.6 Å². The highest BCUT2D eigenvalue weighted by Crippen LogP contribution is 2.36. The van der Waals surface area contributed by atoms with E-state index in [0.29, 0.717) is 10.6 Å². The Kier molecular flexibility index (Phi) is 4.90. The lowest BCUT2D eigenvalue weighted by atomic mass is 10.2. The first kappa shape index (κ1) is 18.0. The Balaban J connectivity index is 1.75. The van der Waals surface area contributed by atoms with Gasteiger partial charge in [-0.25, -0.2) is 9.78 Å². The molecule has 2 aromatic carbocycles. The van der Waals surface area contributed by atoms with Crippen LogP contribution in [-0.2, 0) is 6.18 Å². The lowest BCUT2D eigenvalue weighted by Crippen LogP contribution is -2.19. The molecule has 0 saturated carbocycles. The second kappa shape index (κ2) is 6.81. The van der Waals surface area contributed by atoms with E-state index < -0.39 is 22.8 Å². The van der Waals surface area contributed by atoms with Crippen molar-refractivity contribution in [2.75, 3.05) is 10.6 Å². The Hall–Kier alpha value is -1.84. The van der Waals surface area contributed by atoms with E-state index in [1.165, 1.54) is 17.4 Å². The number of benzene rings is 2. The van der Waals surface area contributed by atoms with Gasteiger partial charge in [0.05, 0.1) is 20.8 Å². The molecular formula is C15H8BrClF3N3OS. The number of alkyl halides is 3. The van der Waals surface area contributed by atoms with Gasteiger partial charge < -0.3 is 5.32 Å². The van der Waals surface area contributed by atoms with Crippen molar-refractivity contribution in [1.82, 2.24) is 4.98 Å². The number of halogens is 5. The predicted molar refractivity (Wildman–Crippen MR) is 96.4 cm³/mol. The average molecular weight is 451 g/mol. The molecule has 0 radical (unpaired) electrons. The van der Waals surface area contributed by atoms with Crippen molar-refractivity contribution in [3.8, 4) is 0 Å². The minimum absolute atomic E-state index is 0.0296. The summed E-state index contributed by atoms with van der Waals surface area (Å²) in [6.45, 7) is 0. The molecule has 1 aromatic heterocycles. The van der Waals surface area contributed by atoms with Crippen LogP contribution in [0.2, 0.25) is 5.02 Å². The number of hydrogen-bond donors (Lipinski definition) is 2. The molecule has 0 unspecified atom stereocenters. The van der Waals surface area contributed by atoms with Crippen molar-refractivity contribution < 1.29 is 18.0 Å². The van der Waals surface area contributed by atoms with E-state index in [9.17, 15) is 18.0 Å². The van der Waals surface area contributed by atoms with Gasteiger partial charge in [-0.1, -0.05) is 38.9 Å². The van der Waals surface area contributed by atoms with Crippen LogP contribution in [0.25, 0.3) is 10.2 Å². The summed E-state index contributed by atoms with van der Waals surface area (Å²) in [4.78, 5) is 16.2. The Morgan fingerprint density at radius 2 is 1.92 bits per heavy atom.